The molecule has 4 rings (SSSR count). The Morgan fingerprint density at radius 2 is 1.53 bits per heavy atom. The fourth-order valence-corrected chi connectivity index (χ4v) is 5.23. The minimum atomic E-state index is 0.593. The van der Waals surface area contributed by atoms with Crippen molar-refractivity contribution < 1.29 is 0 Å². The number of hydrogen-bond acceptors (Lipinski definition) is 3. The molecule has 5 heteroatoms. The third-order valence-electron chi connectivity index (χ3n) is 6.01. The number of thioether (sulfide) groups is 1. The van der Waals surface area contributed by atoms with Crippen molar-refractivity contribution in [2.75, 3.05) is 24.2 Å². The normalized spacial score (nSPS) is 13.3. The van der Waals surface area contributed by atoms with E-state index in [0.29, 0.717) is 10.0 Å². The Labute approximate surface area is 231 Å². The van der Waals surface area contributed by atoms with Crippen LogP contribution in [0.1, 0.15) is 45.6 Å². The summed E-state index contributed by atoms with van der Waals surface area (Å²) in [5.41, 5.74) is 6.10. The molecule has 190 valence electrons. The van der Waals surface area contributed by atoms with Crippen LogP contribution in [0.4, 0.5) is 5.69 Å². The first-order valence-corrected chi connectivity index (χ1v) is 14.5. The molecule has 0 N–H and O–H groups in total. The van der Waals surface area contributed by atoms with Gasteiger partial charge in [-0.05, 0) is 73.5 Å². The van der Waals surface area contributed by atoms with Gasteiger partial charge in [-0.25, -0.2) is 0 Å². The van der Waals surface area contributed by atoms with Crippen LogP contribution in [0, 0.1) is 0 Å². The van der Waals surface area contributed by atoms with Gasteiger partial charge >= 0.3 is 0 Å². The molecule has 0 spiro atoms. The minimum Gasteiger partial charge on any atom is -0.374 e. The van der Waals surface area contributed by atoms with E-state index < -0.39 is 0 Å². The number of nitrogens with zero attached hydrogens (tertiary/aromatic N) is 2. The summed E-state index contributed by atoms with van der Waals surface area (Å²) in [7, 11) is 0. The first-order valence-electron chi connectivity index (χ1n) is 12.5. The second kappa shape index (κ2) is 13.8. The van der Waals surface area contributed by atoms with Crippen molar-refractivity contribution in [3.63, 3.8) is 0 Å². The number of benzene rings is 3. The van der Waals surface area contributed by atoms with Crippen molar-refractivity contribution in [3.05, 3.63) is 101 Å². The second-order valence-electron chi connectivity index (χ2n) is 8.86. The van der Waals surface area contributed by atoms with Crippen LogP contribution in [-0.2, 0) is 0 Å². The number of hydrogen-bond donors (Lipinski definition) is 0. The van der Waals surface area contributed by atoms with Gasteiger partial charge in [0.2, 0.25) is 0 Å². The molecule has 36 heavy (non-hydrogen) atoms. The predicted molar refractivity (Wildman–Crippen MR) is 162 cm³/mol. The van der Waals surface area contributed by atoms with Crippen molar-refractivity contribution >= 4 is 46.3 Å². The molecule has 1 aliphatic rings. The largest absolute Gasteiger partial charge is 0.374 e. The van der Waals surface area contributed by atoms with Crippen molar-refractivity contribution in [1.29, 1.82) is 0 Å². The van der Waals surface area contributed by atoms with Crippen molar-refractivity contribution in [2.45, 2.75) is 44.9 Å². The lowest BCUT2D eigenvalue weighted by Crippen LogP contribution is -2.22. The molecule has 3 aromatic carbocycles. The van der Waals surface area contributed by atoms with Gasteiger partial charge in [0.1, 0.15) is 0 Å². The lowest BCUT2D eigenvalue weighted by molar-refractivity contribution is 0.426. The number of likely N-dealkylation sites (tertiary alicyclic amines) is 1. The average molecular weight is 540 g/mol. The van der Waals surface area contributed by atoms with Crippen LogP contribution >= 0.6 is 35.0 Å². The summed E-state index contributed by atoms with van der Waals surface area (Å²) in [6.07, 6.45) is 7.95. The van der Waals surface area contributed by atoms with E-state index in [-0.39, 0.29) is 0 Å². The van der Waals surface area contributed by atoms with Crippen molar-refractivity contribution in [1.82, 2.24) is 4.90 Å². The molecule has 0 bridgehead atoms. The predicted octanol–water partition coefficient (Wildman–Crippen LogP) is 10.2. The molecule has 0 radical (unpaired) electrons. The molecule has 0 aliphatic carbocycles. The third-order valence-corrected chi connectivity index (χ3v) is 7.37. The highest BCUT2D eigenvalue weighted by atomic mass is 35.5. The molecule has 0 aromatic heterocycles. The molecule has 1 heterocycles. The summed E-state index contributed by atoms with van der Waals surface area (Å²) in [5, 5.41) is 1.19. The molecule has 0 atom stereocenters. The molecule has 0 saturated carbocycles. The Bertz CT molecular complexity index is 1160. The molecule has 2 nitrogen and oxygen atoms in total. The Morgan fingerprint density at radius 1 is 0.944 bits per heavy atom. The summed E-state index contributed by atoms with van der Waals surface area (Å²) in [5.74, 6) is 0. The van der Waals surface area contributed by atoms with Gasteiger partial charge in [-0.15, -0.1) is 11.8 Å². The highest BCUT2D eigenvalue weighted by Crippen LogP contribution is 2.36. The van der Waals surface area contributed by atoms with Gasteiger partial charge in [-0.3, -0.25) is 0 Å². The number of allylic oxidation sites excluding steroid dienone is 1. The molecule has 3 aromatic rings. The maximum atomic E-state index is 6.55. The SMILES string of the molecule is C=C(c1c(Cl)cccc1Cl)N(/C=C(\C)N1CCCC1)c1ccc(-c2cccc(SC)c2)cc1.CCC. The maximum Gasteiger partial charge on any atom is 0.0514 e. The van der Waals surface area contributed by atoms with Crippen LogP contribution in [-0.4, -0.2) is 24.2 Å². The van der Waals surface area contributed by atoms with Gasteiger partial charge in [0.15, 0.2) is 0 Å². The zero-order valence-electron chi connectivity index (χ0n) is 21.7. The van der Waals surface area contributed by atoms with E-state index in [1.165, 1.54) is 41.0 Å². The van der Waals surface area contributed by atoms with E-state index in [0.717, 1.165) is 30.0 Å². The Hall–Kier alpha value is -2.33. The lowest BCUT2D eigenvalue weighted by Gasteiger charge is -2.28. The van der Waals surface area contributed by atoms with Gasteiger partial charge in [0.05, 0.1) is 10.0 Å². The van der Waals surface area contributed by atoms with E-state index in [1.54, 1.807) is 11.8 Å². The maximum absolute atomic E-state index is 6.55. The average Bonchev–Trinajstić information content (AvgIpc) is 3.43. The van der Waals surface area contributed by atoms with Crippen LogP contribution in [0.15, 0.2) is 90.1 Å². The molecule has 1 aliphatic heterocycles. The van der Waals surface area contributed by atoms with Gasteiger partial charge in [-0.1, -0.05) is 80.4 Å². The highest BCUT2D eigenvalue weighted by Gasteiger charge is 2.19. The van der Waals surface area contributed by atoms with E-state index in [2.05, 4.69) is 98.1 Å². The van der Waals surface area contributed by atoms with Crippen LogP contribution < -0.4 is 4.90 Å². The summed E-state index contributed by atoms with van der Waals surface area (Å²) in [6, 6.07) is 22.7. The van der Waals surface area contributed by atoms with Crippen molar-refractivity contribution in [3.8, 4) is 11.1 Å². The highest BCUT2D eigenvalue weighted by molar-refractivity contribution is 7.98. The van der Waals surface area contributed by atoms with E-state index in [1.807, 2.05) is 18.2 Å². The quantitative estimate of drug-likeness (QED) is 0.276. The number of halogens is 2. The van der Waals surface area contributed by atoms with Gasteiger partial charge in [0.25, 0.3) is 0 Å². The fraction of sp³-hybridized carbons (Fsp3) is 0.290. The van der Waals surface area contributed by atoms with Crippen molar-refractivity contribution in [2.24, 2.45) is 0 Å². The summed E-state index contributed by atoms with van der Waals surface area (Å²) >= 11 is 14.8. The fourth-order valence-electron chi connectivity index (χ4n) is 4.16. The van der Waals surface area contributed by atoms with E-state index >= 15 is 0 Å². The molecule has 0 amide bonds. The zero-order valence-corrected chi connectivity index (χ0v) is 24.1. The summed E-state index contributed by atoms with van der Waals surface area (Å²) in [6.45, 7) is 13.0. The van der Waals surface area contributed by atoms with E-state index in [4.69, 9.17) is 23.2 Å². The van der Waals surface area contributed by atoms with Gasteiger partial charge in [-0.2, -0.15) is 0 Å². The molecule has 0 unspecified atom stereocenters. The molecular weight excluding hydrogens is 503 g/mol. The topological polar surface area (TPSA) is 6.48 Å². The van der Waals surface area contributed by atoms with Crippen LogP contribution in [0.25, 0.3) is 16.8 Å². The van der Waals surface area contributed by atoms with Gasteiger partial charge in [0, 0.05) is 46.8 Å². The molecular formula is C31H36Cl2N2S. The third kappa shape index (κ3) is 7.12. The lowest BCUT2D eigenvalue weighted by atomic mass is 10.0. The number of anilines is 1. The smallest absolute Gasteiger partial charge is 0.0514 e. The standard InChI is InChI=1S/C28H28Cl2N2S.C3H8/c1-20(31-16-4-5-17-31)19-32(21(2)28-26(29)10-7-11-27(28)30)24-14-12-22(13-15-24)23-8-6-9-25(18-23)33-3;1-3-2/h6-15,18-19H,2,4-5,16-17H2,1,3H3;3H2,1-2H3/b20-19+;. The van der Waals surface area contributed by atoms with Crippen LogP contribution in [0.5, 0.6) is 0 Å². The van der Waals surface area contributed by atoms with Crippen LogP contribution in [0.3, 0.4) is 0 Å². The van der Waals surface area contributed by atoms with Crippen LogP contribution in [0.2, 0.25) is 10.0 Å². The summed E-state index contributed by atoms with van der Waals surface area (Å²) < 4.78 is 0. The molecule has 1 saturated heterocycles. The Kier molecular flexibility index (Phi) is 10.9. The van der Waals surface area contributed by atoms with E-state index in [9.17, 15) is 0 Å². The monoisotopic (exact) mass is 538 g/mol. The Morgan fingerprint density at radius 3 is 2.11 bits per heavy atom. The first-order chi connectivity index (χ1) is 17.4. The van der Waals surface area contributed by atoms with Gasteiger partial charge < -0.3 is 9.80 Å². The zero-order chi connectivity index (χ0) is 26.1. The first kappa shape index (κ1) is 28.2. The molecule has 1 fully saturated rings. The Balaban J connectivity index is 0.00000115. The minimum absolute atomic E-state index is 0.593. The number of rotatable bonds is 7. The summed E-state index contributed by atoms with van der Waals surface area (Å²) in [4.78, 5) is 5.77. The second-order valence-corrected chi connectivity index (χ2v) is 10.6.